The highest BCUT2D eigenvalue weighted by molar-refractivity contribution is 6.31. The van der Waals surface area contributed by atoms with E-state index in [1.165, 1.54) is 0 Å². The molecule has 6 heteroatoms. The Balaban J connectivity index is 3.02. The van der Waals surface area contributed by atoms with Gasteiger partial charge in [-0.05, 0) is 25.1 Å². The summed E-state index contributed by atoms with van der Waals surface area (Å²) in [5, 5.41) is 8.23. The normalized spacial score (nSPS) is 12.5. The lowest BCUT2D eigenvalue weighted by atomic mass is 9.93. The van der Waals surface area contributed by atoms with Crippen LogP contribution in [0.4, 0.5) is 8.78 Å². The number of carboxylic acid groups (broad SMARTS) is 1. The summed E-state index contributed by atoms with van der Waals surface area (Å²) in [6.45, 7) is 0.00731. The van der Waals surface area contributed by atoms with Crippen LogP contribution < -0.4 is 5.73 Å². The van der Waals surface area contributed by atoms with Gasteiger partial charge in [-0.25, -0.2) is 8.78 Å². The summed E-state index contributed by atoms with van der Waals surface area (Å²) in [5.74, 6) is -3.03. The summed E-state index contributed by atoms with van der Waals surface area (Å²) in [4.78, 5) is 10.4. The monoisotopic (exact) mass is 263 g/mol. The number of rotatable bonds is 5. The molecule has 0 fully saturated rings. The largest absolute Gasteiger partial charge is 0.481 e. The van der Waals surface area contributed by atoms with Crippen LogP contribution in [0.5, 0.6) is 0 Å². The molecule has 1 unspecified atom stereocenters. The quantitative estimate of drug-likeness (QED) is 0.803. The van der Waals surface area contributed by atoms with Gasteiger partial charge in [0.2, 0.25) is 0 Å². The highest BCUT2D eigenvalue weighted by Gasteiger charge is 2.21. The standard InChI is InChI=1S/C11H12ClF2NO2/c12-11-8(14)3-2-7(13)10(11)6(5-15)1-4-9(16)17/h2-3,6H,1,4-5,15H2,(H,16,17). The summed E-state index contributed by atoms with van der Waals surface area (Å²) in [5.41, 5.74) is 5.39. The fraction of sp³-hybridized carbons (Fsp3) is 0.364. The van der Waals surface area contributed by atoms with Crippen molar-refractivity contribution >= 4 is 17.6 Å². The van der Waals surface area contributed by atoms with Gasteiger partial charge in [-0.2, -0.15) is 0 Å². The molecule has 0 amide bonds. The Hall–Kier alpha value is -1.20. The molecule has 3 nitrogen and oxygen atoms in total. The average Bonchev–Trinajstić information content (AvgIpc) is 2.28. The van der Waals surface area contributed by atoms with E-state index >= 15 is 0 Å². The summed E-state index contributed by atoms with van der Waals surface area (Å²) < 4.78 is 26.7. The smallest absolute Gasteiger partial charge is 0.303 e. The molecule has 0 saturated heterocycles. The van der Waals surface area contributed by atoms with Crippen LogP contribution in [-0.4, -0.2) is 17.6 Å². The Morgan fingerprint density at radius 1 is 1.41 bits per heavy atom. The van der Waals surface area contributed by atoms with Crippen molar-refractivity contribution in [2.45, 2.75) is 18.8 Å². The van der Waals surface area contributed by atoms with E-state index in [2.05, 4.69) is 0 Å². The van der Waals surface area contributed by atoms with E-state index in [1.54, 1.807) is 0 Å². The Kier molecular flexibility index (Phi) is 4.84. The zero-order valence-corrected chi connectivity index (χ0v) is 9.68. The molecule has 1 aromatic rings. The second-order valence-electron chi connectivity index (χ2n) is 3.62. The van der Waals surface area contributed by atoms with Crippen LogP contribution in [0.25, 0.3) is 0 Å². The third kappa shape index (κ3) is 3.38. The van der Waals surface area contributed by atoms with Crippen LogP contribution in [0.1, 0.15) is 24.3 Å². The number of hydrogen-bond acceptors (Lipinski definition) is 2. The van der Waals surface area contributed by atoms with Gasteiger partial charge in [-0.3, -0.25) is 4.79 Å². The molecule has 17 heavy (non-hydrogen) atoms. The number of carbonyl (C=O) groups is 1. The van der Waals surface area contributed by atoms with Gasteiger partial charge in [-0.15, -0.1) is 0 Å². The van der Waals surface area contributed by atoms with Gasteiger partial charge in [0.05, 0.1) is 5.02 Å². The minimum Gasteiger partial charge on any atom is -0.481 e. The molecule has 94 valence electrons. The maximum absolute atomic E-state index is 13.5. The van der Waals surface area contributed by atoms with Crippen LogP contribution in [0.2, 0.25) is 5.02 Å². The number of hydrogen-bond donors (Lipinski definition) is 2. The molecular weight excluding hydrogens is 252 g/mol. The van der Waals surface area contributed by atoms with E-state index in [4.69, 9.17) is 22.4 Å². The van der Waals surface area contributed by atoms with Crippen molar-refractivity contribution in [2.75, 3.05) is 6.54 Å². The van der Waals surface area contributed by atoms with Gasteiger partial charge < -0.3 is 10.8 Å². The maximum Gasteiger partial charge on any atom is 0.303 e. The molecule has 1 rings (SSSR count). The first-order valence-corrected chi connectivity index (χ1v) is 5.40. The second-order valence-corrected chi connectivity index (χ2v) is 4.00. The van der Waals surface area contributed by atoms with Crippen LogP contribution in [0.15, 0.2) is 12.1 Å². The van der Waals surface area contributed by atoms with Crippen molar-refractivity contribution < 1.29 is 18.7 Å². The van der Waals surface area contributed by atoms with Crippen molar-refractivity contribution in [3.63, 3.8) is 0 Å². The zero-order valence-electron chi connectivity index (χ0n) is 8.92. The molecule has 0 bridgehead atoms. The van der Waals surface area contributed by atoms with Crippen molar-refractivity contribution in [2.24, 2.45) is 5.73 Å². The van der Waals surface area contributed by atoms with Gasteiger partial charge in [0.15, 0.2) is 0 Å². The molecule has 0 aliphatic heterocycles. The summed E-state index contributed by atoms with van der Waals surface area (Å²) >= 11 is 5.67. The molecular formula is C11H12ClF2NO2. The molecule has 0 aliphatic rings. The van der Waals surface area contributed by atoms with Crippen LogP contribution in [-0.2, 0) is 4.79 Å². The molecule has 0 aliphatic carbocycles. The van der Waals surface area contributed by atoms with Crippen molar-refractivity contribution in [3.05, 3.63) is 34.4 Å². The topological polar surface area (TPSA) is 63.3 Å². The first-order valence-electron chi connectivity index (χ1n) is 5.02. The minimum absolute atomic E-state index is 0.00731. The van der Waals surface area contributed by atoms with E-state index in [0.29, 0.717) is 0 Å². The Morgan fingerprint density at radius 3 is 2.53 bits per heavy atom. The minimum atomic E-state index is -1.02. The number of halogens is 3. The molecule has 1 atom stereocenters. The highest BCUT2D eigenvalue weighted by atomic mass is 35.5. The van der Waals surface area contributed by atoms with E-state index < -0.39 is 23.5 Å². The van der Waals surface area contributed by atoms with Gasteiger partial charge in [0, 0.05) is 17.9 Å². The van der Waals surface area contributed by atoms with Crippen molar-refractivity contribution in [3.8, 4) is 0 Å². The van der Waals surface area contributed by atoms with E-state index in [9.17, 15) is 13.6 Å². The molecule has 0 aromatic heterocycles. The van der Waals surface area contributed by atoms with Gasteiger partial charge in [0.1, 0.15) is 11.6 Å². The highest BCUT2D eigenvalue weighted by Crippen LogP contribution is 2.31. The Morgan fingerprint density at radius 2 is 2.00 bits per heavy atom. The number of benzene rings is 1. The molecule has 3 N–H and O–H groups in total. The molecule has 0 spiro atoms. The van der Waals surface area contributed by atoms with Gasteiger partial charge in [0.25, 0.3) is 0 Å². The molecule has 0 radical (unpaired) electrons. The van der Waals surface area contributed by atoms with Gasteiger partial charge in [-0.1, -0.05) is 11.6 Å². The fourth-order valence-electron chi connectivity index (χ4n) is 1.59. The molecule has 0 saturated carbocycles. The lowest BCUT2D eigenvalue weighted by Crippen LogP contribution is -2.16. The van der Waals surface area contributed by atoms with Crippen molar-refractivity contribution in [1.82, 2.24) is 0 Å². The third-order valence-electron chi connectivity index (χ3n) is 2.48. The van der Waals surface area contributed by atoms with Crippen LogP contribution in [0, 0.1) is 11.6 Å². The fourth-order valence-corrected chi connectivity index (χ4v) is 1.90. The van der Waals surface area contributed by atoms with E-state index in [1.807, 2.05) is 0 Å². The molecule has 0 heterocycles. The number of carboxylic acids is 1. The van der Waals surface area contributed by atoms with Crippen LogP contribution >= 0.6 is 11.6 Å². The SMILES string of the molecule is NCC(CCC(=O)O)c1c(F)ccc(F)c1Cl. The summed E-state index contributed by atoms with van der Waals surface area (Å²) in [6, 6.07) is 1.88. The van der Waals surface area contributed by atoms with Crippen LogP contribution in [0.3, 0.4) is 0 Å². The van der Waals surface area contributed by atoms with Gasteiger partial charge >= 0.3 is 5.97 Å². The molecule has 1 aromatic carbocycles. The zero-order chi connectivity index (χ0) is 13.0. The maximum atomic E-state index is 13.5. The average molecular weight is 264 g/mol. The summed E-state index contributed by atoms with van der Waals surface area (Å²) in [7, 11) is 0. The van der Waals surface area contributed by atoms with E-state index in [-0.39, 0.29) is 30.0 Å². The first-order chi connectivity index (χ1) is 7.97. The van der Waals surface area contributed by atoms with Crippen molar-refractivity contribution in [1.29, 1.82) is 0 Å². The third-order valence-corrected chi connectivity index (χ3v) is 2.86. The first kappa shape index (κ1) is 13.9. The predicted octanol–water partition coefficient (Wildman–Crippen LogP) is 2.53. The van der Waals surface area contributed by atoms with E-state index in [0.717, 1.165) is 12.1 Å². The number of aliphatic carboxylic acids is 1. The summed E-state index contributed by atoms with van der Waals surface area (Å²) in [6.07, 6.45) is -0.0555. The second kappa shape index (κ2) is 5.93. The Labute approximate surface area is 102 Å². The Bertz CT molecular complexity index is 426. The number of nitrogens with two attached hydrogens (primary N) is 1. The predicted molar refractivity (Wildman–Crippen MR) is 60.0 cm³/mol. The lowest BCUT2D eigenvalue weighted by Gasteiger charge is -2.16. The lowest BCUT2D eigenvalue weighted by molar-refractivity contribution is -0.137.